The van der Waals surface area contributed by atoms with Crippen LogP contribution in [0.2, 0.25) is 0 Å². The van der Waals surface area contributed by atoms with E-state index >= 15 is 0 Å². The van der Waals surface area contributed by atoms with Crippen molar-refractivity contribution in [3.05, 3.63) is 35.4 Å². The highest BCUT2D eigenvalue weighted by Gasteiger charge is 2.24. The van der Waals surface area contributed by atoms with Gasteiger partial charge in [-0.1, -0.05) is 29.8 Å². The van der Waals surface area contributed by atoms with Crippen LogP contribution in [0, 0.1) is 12.8 Å². The van der Waals surface area contributed by atoms with Crippen molar-refractivity contribution < 1.29 is 0 Å². The highest BCUT2D eigenvalue weighted by atomic mass is 32.2. The predicted octanol–water partition coefficient (Wildman–Crippen LogP) is 3.44. The molecule has 0 aromatic heterocycles. The molecule has 2 heteroatoms. The van der Waals surface area contributed by atoms with Crippen LogP contribution in [0.25, 0.3) is 0 Å². The molecule has 1 aromatic rings. The lowest BCUT2D eigenvalue weighted by molar-refractivity contribution is 0.386. The van der Waals surface area contributed by atoms with Gasteiger partial charge in [0.1, 0.15) is 0 Å². The number of rotatable bonds is 4. The van der Waals surface area contributed by atoms with E-state index in [4.69, 9.17) is 0 Å². The monoisotopic (exact) mass is 249 g/mol. The molecule has 1 fully saturated rings. The van der Waals surface area contributed by atoms with Crippen LogP contribution in [-0.4, -0.2) is 25.1 Å². The molecular formula is C15H23NS. The van der Waals surface area contributed by atoms with Gasteiger partial charge in [0.05, 0.1) is 0 Å². The van der Waals surface area contributed by atoms with Gasteiger partial charge in [-0.2, -0.15) is 11.8 Å². The number of thioether (sulfide) groups is 1. The zero-order chi connectivity index (χ0) is 12.1. The fraction of sp³-hybridized carbons (Fsp3) is 0.600. The maximum absolute atomic E-state index is 3.37. The Morgan fingerprint density at radius 2 is 1.88 bits per heavy atom. The number of hydrogen-bond donors (Lipinski definition) is 1. The molecule has 0 bridgehead atoms. The van der Waals surface area contributed by atoms with E-state index in [1.807, 2.05) is 0 Å². The van der Waals surface area contributed by atoms with E-state index < -0.39 is 0 Å². The summed E-state index contributed by atoms with van der Waals surface area (Å²) in [6, 6.07) is 9.13. The van der Waals surface area contributed by atoms with E-state index in [2.05, 4.69) is 55.3 Å². The van der Waals surface area contributed by atoms with Crippen molar-refractivity contribution in [2.75, 3.05) is 25.1 Å². The topological polar surface area (TPSA) is 12.0 Å². The largest absolute Gasteiger partial charge is 0.319 e. The Morgan fingerprint density at radius 1 is 1.24 bits per heavy atom. The Kier molecular flexibility index (Phi) is 4.93. The van der Waals surface area contributed by atoms with Crippen molar-refractivity contribution >= 4 is 11.8 Å². The van der Waals surface area contributed by atoms with E-state index in [1.54, 1.807) is 0 Å². The molecule has 1 aliphatic heterocycles. The molecule has 1 aromatic carbocycles. The summed E-state index contributed by atoms with van der Waals surface area (Å²) in [5.41, 5.74) is 2.87. The molecule has 1 saturated heterocycles. The van der Waals surface area contributed by atoms with Crippen LogP contribution < -0.4 is 5.32 Å². The summed E-state index contributed by atoms with van der Waals surface area (Å²) >= 11 is 2.11. The number of likely N-dealkylation sites (N-methyl/N-ethyl adjacent to an activating group) is 1. The van der Waals surface area contributed by atoms with Crippen LogP contribution in [0.5, 0.6) is 0 Å². The normalized spacial score (nSPS) is 19.2. The third-order valence-electron chi connectivity index (χ3n) is 3.76. The molecule has 0 saturated carbocycles. The number of aryl methyl sites for hydroxylation is 1. The second kappa shape index (κ2) is 6.46. The van der Waals surface area contributed by atoms with E-state index in [0.29, 0.717) is 5.92 Å². The third-order valence-corrected chi connectivity index (χ3v) is 4.81. The number of nitrogens with one attached hydrogen (secondary N) is 1. The standard InChI is InChI=1S/C15H23NS/c1-12-3-5-13(6-4-12)15(11-16-2)14-7-9-17-10-8-14/h3-6,14-16H,7-11H2,1-2H3. The molecule has 1 N–H and O–H groups in total. The van der Waals surface area contributed by atoms with Crippen LogP contribution in [0.4, 0.5) is 0 Å². The summed E-state index contributed by atoms with van der Waals surface area (Å²) in [6.07, 6.45) is 2.76. The molecule has 1 heterocycles. The van der Waals surface area contributed by atoms with Gasteiger partial charge < -0.3 is 5.32 Å². The first kappa shape index (κ1) is 13.0. The Morgan fingerprint density at radius 3 is 2.47 bits per heavy atom. The molecule has 0 radical (unpaired) electrons. The van der Waals surface area contributed by atoms with Crippen molar-refractivity contribution in [2.45, 2.75) is 25.7 Å². The van der Waals surface area contributed by atoms with E-state index in [0.717, 1.165) is 12.5 Å². The maximum atomic E-state index is 3.37. The van der Waals surface area contributed by atoms with Gasteiger partial charge in [0.15, 0.2) is 0 Å². The molecule has 1 aliphatic rings. The van der Waals surface area contributed by atoms with Gasteiger partial charge >= 0.3 is 0 Å². The lowest BCUT2D eigenvalue weighted by atomic mass is 9.82. The Bertz CT molecular complexity index is 327. The molecule has 1 atom stereocenters. The summed E-state index contributed by atoms with van der Waals surface area (Å²) in [7, 11) is 2.07. The predicted molar refractivity (Wildman–Crippen MR) is 77.9 cm³/mol. The van der Waals surface area contributed by atoms with Crippen molar-refractivity contribution in [2.24, 2.45) is 5.92 Å². The first-order valence-electron chi connectivity index (χ1n) is 6.60. The molecule has 0 spiro atoms. The summed E-state index contributed by atoms with van der Waals surface area (Å²) in [6.45, 7) is 3.27. The molecule has 1 nitrogen and oxygen atoms in total. The molecule has 1 unspecified atom stereocenters. The first-order valence-corrected chi connectivity index (χ1v) is 7.75. The van der Waals surface area contributed by atoms with E-state index in [1.165, 1.54) is 35.5 Å². The second-order valence-corrected chi connectivity index (χ2v) is 6.25. The Hall–Kier alpha value is -0.470. The Labute approximate surface area is 109 Å². The van der Waals surface area contributed by atoms with Crippen LogP contribution in [0.1, 0.15) is 29.9 Å². The minimum Gasteiger partial charge on any atom is -0.319 e. The highest BCUT2D eigenvalue weighted by Crippen LogP contribution is 2.34. The van der Waals surface area contributed by atoms with Crippen molar-refractivity contribution in [1.29, 1.82) is 0 Å². The van der Waals surface area contributed by atoms with Crippen molar-refractivity contribution in [3.8, 4) is 0 Å². The Balaban J connectivity index is 2.12. The molecule has 0 amide bonds. The van der Waals surface area contributed by atoms with Crippen LogP contribution in [0.3, 0.4) is 0 Å². The third kappa shape index (κ3) is 3.49. The van der Waals surface area contributed by atoms with Crippen LogP contribution in [-0.2, 0) is 0 Å². The fourth-order valence-corrected chi connectivity index (χ4v) is 3.85. The highest BCUT2D eigenvalue weighted by molar-refractivity contribution is 7.99. The second-order valence-electron chi connectivity index (χ2n) is 5.02. The lowest BCUT2D eigenvalue weighted by Gasteiger charge is -2.30. The van der Waals surface area contributed by atoms with E-state index in [9.17, 15) is 0 Å². The average molecular weight is 249 g/mol. The lowest BCUT2D eigenvalue weighted by Crippen LogP contribution is -2.26. The van der Waals surface area contributed by atoms with Gasteiger partial charge in [-0.05, 0) is 55.7 Å². The first-order chi connectivity index (χ1) is 8.31. The summed E-state index contributed by atoms with van der Waals surface area (Å²) in [4.78, 5) is 0. The van der Waals surface area contributed by atoms with Crippen molar-refractivity contribution in [3.63, 3.8) is 0 Å². The van der Waals surface area contributed by atoms with Gasteiger partial charge in [0.2, 0.25) is 0 Å². The summed E-state index contributed by atoms with van der Waals surface area (Å²) in [5.74, 6) is 4.25. The quantitative estimate of drug-likeness (QED) is 0.877. The smallest absolute Gasteiger partial charge is 0.00198 e. The minimum atomic E-state index is 0.696. The zero-order valence-corrected chi connectivity index (χ0v) is 11.7. The molecule has 17 heavy (non-hydrogen) atoms. The van der Waals surface area contributed by atoms with Gasteiger partial charge in [-0.25, -0.2) is 0 Å². The van der Waals surface area contributed by atoms with Crippen molar-refractivity contribution in [1.82, 2.24) is 5.32 Å². The fourth-order valence-electron chi connectivity index (χ4n) is 2.71. The molecular weight excluding hydrogens is 226 g/mol. The summed E-state index contributed by atoms with van der Waals surface area (Å²) in [5, 5.41) is 3.37. The van der Waals surface area contributed by atoms with Crippen LogP contribution in [0.15, 0.2) is 24.3 Å². The molecule has 2 rings (SSSR count). The zero-order valence-electron chi connectivity index (χ0n) is 10.9. The molecule has 94 valence electrons. The number of hydrogen-bond acceptors (Lipinski definition) is 2. The van der Waals surface area contributed by atoms with Gasteiger partial charge in [0, 0.05) is 6.54 Å². The van der Waals surface area contributed by atoms with Gasteiger partial charge in [-0.15, -0.1) is 0 Å². The maximum Gasteiger partial charge on any atom is 0.00198 e. The average Bonchev–Trinajstić information content (AvgIpc) is 2.38. The van der Waals surface area contributed by atoms with Gasteiger partial charge in [0.25, 0.3) is 0 Å². The SMILES string of the molecule is CNCC(c1ccc(C)cc1)C1CCSCC1. The summed E-state index contributed by atoms with van der Waals surface area (Å²) < 4.78 is 0. The van der Waals surface area contributed by atoms with Crippen LogP contribution >= 0.6 is 11.8 Å². The molecule has 0 aliphatic carbocycles. The van der Waals surface area contributed by atoms with E-state index in [-0.39, 0.29) is 0 Å². The number of benzene rings is 1. The minimum absolute atomic E-state index is 0.696. The van der Waals surface area contributed by atoms with Gasteiger partial charge in [-0.3, -0.25) is 0 Å².